The summed E-state index contributed by atoms with van der Waals surface area (Å²) in [4.78, 5) is 14.2. The summed E-state index contributed by atoms with van der Waals surface area (Å²) in [6, 6.07) is 5.46. The highest BCUT2D eigenvalue weighted by Crippen LogP contribution is 2.42. The second-order valence-electron chi connectivity index (χ2n) is 6.10. The molecule has 1 saturated carbocycles. The Kier molecular flexibility index (Phi) is 4.36. The largest absolute Gasteiger partial charge is 0.482 e. The number of halogens is 1. The number of hydrogen-bond acceptors (Lipinski definition) is 3. The molecule has 0 unspecified atom stereocenters. The van der Waals surface area contributed by atoms with E-state index in [1.165, 1.54) is 19.3 Å². The SMILES string of the molecule is O=C1COc2ccc(Cl)cc2N1CC1(CS)CCCCC1. The highest BCUT2D eigenvalue weighted by Gasteiger charge is 2.37. The molecule has 1 heterocycles. The van der Waals surface area contributed by atoms with E-state index in [0.717, 1.165) is 30.0 Å². The van der Waals surface area contributed by atoms with Crippen molar-refractivity contribution in [1.82, 2.24) is 0 Å². The lowest BCUT2D eigenvalue weighted by molar-refractivity contribution is -0.121. The fraction of sp³-hybridized carbons (Fsp3) is 0.562. The van der Waals surface area contributed by atoms with Crippen LogP contribution in [0, 0.1) is 5.41 Å². The number of fused-ring (bicyclic) bond motifs is 1. The number of ether oxygens (including phenoxy) is 1. The number of carbonyl (C=O) groups is 1. The van der Waals surface area contributed by atoms with E-state index in [4.69, 9.17) is 16.3 Å². The summed E-state index contributed by atoms with van der Waals surface area (Å²) in [6.45, 7) is 0.823. The molecular formula is C16H20ClNO2S. The lowest BCUT2D eigenvalue weighted by atomic mass is 9.75. The van der Waals surface area contributed by atoms with Crippen LogP contribution in [-0.2, 0) is 4.79 Å². The quantitative estimate of drug-likeness (QED) is 0.853. The Morgan fingerprint density at radius 2 is 2.05 bits per heavy atom. The molecular weight excluding hydrogens is 306 g/mol. The number of benzene rings is 1. The average molecular weight is 326 g/mol. The van der Waals surface area contributed by atoms with Gasteiger partial charge >= 0.3 is 0 Å². The topological polar surface area (TPSA) is 29.5 Å². The summed E-state index contributed by atoms with van der Waals surface area (Å²) < 4.78 is 5.51. The highest BCUT2D eigenvalue weighted by atomic mass is 35.5. The van der Waals surface area contributed by atoms with Gasteiger partial charge in [0.15, 0.2) is 6.61 Å². The van der Waals surface area contributed by atoms with Crippen LogP contribution in [-0.4, -0.2) is 24.8 Å². The molecule has 0 atom stereocenters. The molecule has 3 rings (SSSR count). The molecule has 0 spiro atoms. The maximum Gasteiger partial charge on any atom is 0.265 e. The Morgan fingerprint density at radius 1 is 1.29 bits per heavy atom. The zero-order valence-electron chi connectivity index (χ0n) is 12.0. The summed E-state index contributed by atoms with van der Waals surface area (Å²) in [5.74, 6) is 1.56. The predicted octanol–water partition coefficient (Wildman–Crippen LogP) is 3.95. The molecule has 1 aliphatic heterocycles. The minimum Gasteiger partial charge on any atom is -0.482 e. The van der Waals surface area contributed by atoms with Crippen LogP contribution in [0.1, 0.15) is 32.1 Å². The third-order valence-electron chi connectivity index (χ3n) is 4.61. The minimum absolute atomic E-state index is 0.0106. The molecule has 1 fully saturated rings. The Hall–Kier alpha value is -0.870. The third-order valence-corrected chi connectivity index (χ3v) is 5.51. The van der Waals surface area contributed by atoms with Crippen molar-refractivity contribution >= 4 is 35.8 Å². The first-order valence-electron chi connectivity index (χ1n) is 7.47. The van der Waals surface area contributed by atoms with Crippen molar-refractivity contribution < 1.29 is 9.53 Å². The Labute approximate surface area is 136 Å². The maximum absolute atomic E-state index is 12.3. The predicted molar refractivity (Wildman–Crippen MR) is 88.7 cm³/mol. The van der Waals surface area contributed by atoms with Crippen molar-refractivity contribution in [3.05, 3.63) is 23.2 Å². The summed E-state index contributed by atoms with van der Waals surface area (Å²) >= 11 is 10.7. The first-order chi connectivity index (χ1) is 10.1. The Bertz CT molecular complexity index is 543. The van der Waals surface area contributed by atoms with Crippen molar-refractivity contribution in [1.29, 1.82) is 0 Å². The molecule has 1 aliphatic carbocycles. The summed E-state index contributed by atoms with van der Waals surface area (Å²) in [5.41, 5.74) is 0.916. The Balaban J connectivity index is 1.90. The maximum atomic E-state index is 12.3. The van der Waals surface area contributed by atoms with E-state index in [9.17, 15) is 4.79 Å². The van der Waals surface area contributed by atoms with Crippen molar-refractivity contribution in [3.63, 3.8) is 0 Å². The molecule has 0 radical (unpaired) electrons. The normalized spacial score (nSPS) is 20.9. The van der Waals surface area contributed by atoms with Crippen LogP contribution in [0.5, 0.6) is 5.75 Å². The molecule has 1 aromatic carbocycles. The molecule has 1 amide bonds. The molecule has 0 aromatic heterocycles. The lowest BCUT2D eigenvalue weighted by Crippen LogP contribution is -2.47. The monoisotopic (exact) mass is 325 g/mol. The third kappa shape index (κ3) is 3.02. The number of hydrogen-bond donors (Lipinski definition) is 1. The van der Waals surface area contributed by atoms with Gasteiger partial charge in [-0.05, 0) is 42.2 Å². The number of anilines is 1. The molecule has 1 aromatic rings. The van der Waals surface area contributed by atoms with Gasteiger partial charge in [0.05, 0.1) is 5.69 Å². The summed E-state index contributed by atoms with van der Waals surface area (Å²) in [7, 11) is 0. The van der Waals surface area contributed by atoms with E-state index in [1.54, 1.807) is 6.07 Å². The van der Waals surface area contributed by atoms with E-state index in [2.05, 4.69) is 12.6 Å². The van der Waals surface area contributed by atoms with Gasteiger partial charge in [0, 0.05) is 11.6 Å². The standard InChI is InChI=1S/C16H20ClNO2S/c17-12-4-5-14-13(8-12)18(15(19)9-20-14)10-16(11-21)6-2-1-3-7-16/h4-5,8,21H,1-3,6-7,9-11H2. The molecule has 3 nitrogen and oxygen atoms in total. The van der Waals surface area contributed by atoms with Crippen LogP contribution in [0.4, 0.5) is 5.69 Å². The van der Waals surface area contributed by atoms with E-state index >= 15 is 0 Å². The molecule has 0 saturated heterocycles. The van der Waals surface area contributed by atoms with E-state index in [1.807, 2.05) is 17.0 Å². The minimum atomic E-state index is 0.0106. The van der Waals surface area contributed by atoms with Gasteiger partial charge in [0.2, 0.25) is 0 Å². The zero-order valence-corrected chi connectivity index (χ0v) is 13.6. The molecule has 21 heavy (non-hydrogen) atoms. The van der Waals surface area contributed by atoms with Gasteiger partial charge < -0.3 is 9.64 Å². The van der Waals surface area contributed by atoms with Gasteiger partial charge in [-0.1, -0.05) is 30.9 Å². The number of amides is 1. The van der Waals surface area contributed by atoms with Gasteiger partial charge in [-0.2, -0.15) is 12.6 Å². The first-order valence-corrected chi connectivity index (χ1v) is 8.48. The number of carbonyl (C=O) groups excluding carboxylic acids is 1. The summed E-state index contributed by atoms with van der Waals surface area (Å²) in [5, 5.41) is 0.626. The van der Waals surface area contributed by atoms with Gasteiger partial charge in [-0.25, -0.2) is 0 Å². The fourth-order valence-electron chi connectivity index (χ4n) is 3.35. The average Bonchev–Trinajstić information content (AvgIpc) is 2.51. The highest BCUT2D eigenvalue weighted by molar-refractivity contribution is 7.80. The van der Waals surface area contributed by atoms with Crippen LogP contribution in [0.3, 0.4) is 0 Å². The van der Waals surface area contributed by atoms with E-state index in [0.29, 0.717) is 11.6 Å². The molecule has 2 aliphatic rings. The zero-order chi connectivity index (χ0) is 14.9. The summed E-state index contributed by atoms with van der Waals surface area (Å²) in [6.07, 6.45) is 6.01. The molecule has 5 heteroatoms. The number of thiol groups is 1. The number of nitrogens with zero attached hydrogens (tertiary/aromatic N) is 1. The lowest BCUT2D eigenvalue weighted by Gasteiger charge is -2.41. The van der Waals surface area contributed by atoms with E-state index < -0.39 is 0 Å². The van der Waals surface area contributed by atoms with Crippen LogP contribution in [0.2, 0.25) is 5.02 Å². The van der Waals surface area contributed by atoms with Gasteiger partial charge in [-0.3, -0.25) is 4.79 Å². The molecule has 114 valence electrons. The second-order valence-corrected chi connectivity index (χ2v) is 6.85. The van der Waals surface area contributed by atoms with Gasteiger partial charge in [0.25, 0.3) is 5.91 Å². The second kappa shape index (κ2) is 6.09. The fourth-order valence-corrected chi connectivity index (χ4v) is 3.93. The Morgan fingerprint density at radius 3 is 2.76 bits per heavy atom. The van der Waals surface area contributed by atoms with Crippen molar-refractivity contribution in [2.24, 2.45) is 5.41 Å². The number of rotatable bonds is 3. The van der Waals surface area contributed by atoms with Crippen molar-refractivity contribution in [2.45, 2.75) is 32.1 Å². The first kappa shape index (κ1) is 15.0. The smallest absolute Gasteiger partial charge is 0.265 e. The molecule has 0 bridgehead atoms. The van der Waals surface area contributed by atoms with Crippen LogP contribution in [0.25, 0.3) is 0 Å². The van der Waals surface area contributed by atoms with Crippen LogP contribution in [0.15, 0.2) is 18.2 Å². The van der Waals surface area contributed by atoms with Crippen molar-refractivity contribution in [2.75, 3.05) is 23.8 Å². The van der Waals surface area contributed by atoms with Crippen LogP contribution >= 0.6 is 24.2 Å². The van der Waals surface area contributed by atoms with Crippen molar-refractivity contribution in [3.8, 4) is 5.75 Å². The van der Waals surface area contributed by atoms with Gasteiger partial charge in [0.1, 0.15) is 5.75 Å². The van der Waals surface area contributed by atoms with E-state index in [-0.39, 0.29) is 17.9 Å². The van der Waals surface area contributed by atoms with Gasteiger partial charge in [-0.15, -0.1) is 0 Å². The van der Waals surface area contributed by atoms with Crippen LogP contribution < -0.4 is 9.64 Å². The molecule has 0 N–H and O–H groups in total.